The van der Waals surface area contributed by atoms with Gasteiger partial charge in [-0.1, -0.05) is 23.3 Å². The number of hydrogen-bond acceptors (Lipinski definition) is 6. The van der Waals surface area contributed by atoms with Crippen LogP contribution in [0.3, 0.4) is 0 Å². The molecule has 6 nitrogen and oxygen atoms in total. The molecule has 2 aliphatic heterocycles. The molecule has 0 bridgehead atoms. The summed E-state index contributed by atoms with van der Waals surface area (Å²) in [5.74, 6) is -4.83. The van der Waals surface area contributed by atoms with Crippen LogP contribution < -0.4 is 0 Å². The van der Waals surface area contributed by atoms with Crippen LogP contribution in [-0.4, -0.2) is 23.9 Å². The van der Waals surface area contributed by atoms with E-state index in [0.29, 0.717) is 12.8 Å². The number of cyclic esters (lactones) is 4. The average molecular weight is 354 g/mol. The van der Waals surface area contributed by atoms with Crippen LogP contribution in [0.15, 0.2) is 34.4 Å². The largest absolute Gasteiger partial charge is 0.393 e. The first-order valence-corrected chi connectivity index (χ1v) is 8.97. The summed E-state index contributed by atoms with van der Waals surface area (Å²) in [7, 11) is 0. The number of carbonyl (C=O) groups excluding carboxylic acids is 4. The number of carbonyl (C=O) groups is 4. The smallest absolute Gasteiger partial charge is 0.318 e. The average Bonchev–Trinajstić information content (AvgIpc) is 3.03. The van der Waals surface area contributed by atoms with Gasteiger partial charge in [0.15, 0.2) is 0 Å². The van der Waals surface area contributed by atoms with Crippen molar-refractivity contribution in [2.75, 3.05) is 0 Å². The summed E-state index contributed by atoms with van der Waals surface area (Å²) in [6.07, 6.45) is 5.00. The van der Waals surface area contributed by atoms with E-state index in [2.05, 4.69) is 0 Å². The fraction of sp³-hybridized carbons (Fsp3) is 0.500. The van der Waals surface area contributed by atoms with Gasteiger partial charge in [-0.25, -0.2) is 0 Å². The first-order chi connectivity index (χ1) is 12.4. The van der Waals surface area contributed by atoms with E-state index >= 15 is 0 Å². The quantitative estimate of drug-likeness (QED) is 0.487. The topological polar surface area (TPSA) is 86.7 Å². The van der Waals surface area contributed by atoms with Gasteiger partial charge in [0.25, 0.3) is 0 Å². The SMILES string of the molecule is CC1=C2C=CC3=C(C)CC4C(=O)OC(=O)C4C3C2C2C(=O)OC(=O)C2C1. The maximum absolute atomic E-state index is 12.5. The Labute approximate surface area is 149 Å². The van der Waals surface area contributed by atoms with Crippen LogP contribution in [0.4, 0.5) is 0 Å². The van der Waals surface area contributed by atoms with Crippen LogP contribution >= 0.6 is 0 Å². The van der Waals surface area contributed by atoms with Gasteiger partial charge in [0, 0.05) is 11.8 Å². The Morgan fingerprint density at radius 1 is 0.654 bits per heavy atom. The molecule has 0 aromatic rings. The Morgan fingerprint density at radius 3 is 1.42 bits per heavy atom. The van der Waals surface area contributed by atoms with Gasteiger partial charge in [0.05, 0.1) is 23.7 Å². The minimum atomic E-state index is -0.596. The molecule has 2 fully saturated rings. The molecule has 6 unspecified atom stereocenters. The van der Waals surface area contributed by atoms with Crippen LogP contribution in [0.1, 0.15) is 26.7 Å². The van der Waals surface area contributed by atoms with Crippen molar-refractivity contribution in [3.63, 3.8) is 0 Å². The van der Waals surface area contributed by atoms with Gasteiger partial charge in [0.2, 0.25) is 0 Å². The van der Waals surface area contributed by atoms with Crippen LogP contribution in [0.2, 0.25) is 0 Å². The Bertz CT molecular complexity index is 816. The Hall–Kier alpha value is -2.50. The highest BCUT2D eigenvalue weighted by molar-refractivity contribution is 5.99. The lowest BCUT2D eigenvalue weighted by atomic mass is 9.55. The molecular weight excluding hydrogens is 336 g/mol. The Kier molecular flexibility index (Phi) is 3.04. The molecule has 0 saturated carbocycles. The van der Waals surface area contributed by atoms with Crippen molar-refractivity contribution < 1.29 is 28.7 Å². The molecule has 0 aromatic heterocycles. The summed E-state index contributed by atoms with van der Waals surface area (Å²) in [6.45, 7) is 3.91. The van der Waals surface area contributed by atoms with Crippen LogP contribution in [-0.2, 0) is 28.7 Å². The molecule has 6 heteroatoms. The lowest BCUT2D eigenvalue weighted by molar-refractivity contribution is -0.156. The second-order valence-electron chi connectivity index (χ2n) is 8.01. The predicted octanol–water partition coefficient (Wildman–Crippen LogP) is 1.86. The standard InChI is InChI=1S/C20H18O6/c1-7-5-11-15(19(23)25-17(11)21)13-9(7)3-4-10-8(2)6-12-16(14(10)13)20(24)26-18(12)22/h3-4,11-16H,5-6H2,1-2H3. The molecule has 5 aliphatic rings. The van der Waals surface area contributed by atoms with Gasteiger partial charge in [-0.05, 0) is 37.8 Å². The van der Waals surface area contributed by atoms with Crippen LogP contribution in [0.25, 0.3) is 0 Å². The highest BCUT2D eigenvalue weighted by atomic mass is 16.6. The zero-order valence-corrected chi connectivity index (χ0v) is 14.5. The number of rotatable bonds is 0. The second kappa shape index (κ2) is 5.02. The van der Waals surface area contributed by atoms with Gasteiger partial charge in [0.1, 0.15) is 0 Å². The number of esters is 4. The number of allylic oxidation sites excluding steroid dienone is 6. The van der Waals surface area contributed by atoms with Gasteiger partial charge >= 0.3 is 23.9 Å². The zero-order valence-electron chi connectivity index (χ0n) is 14.5. The van der Waals surface area contributed by atoms with E-state index in [9.17, 15) is 19.2 Å². The molecule has 0 spiro atoms. The Morgan fingerprint density at radius 2 is 1.04 bits per heavy atom. The highest BCUT2D eigenvalue weighted by Gasteiger charge is 2.61. The van der Waals surface area contributed by atoms with Gasteiger partial charge in [-0.3, -0.25) is 19.2 Å². The van der Waals surface area contributed by atoms with Gasteiger partial charge in [-0.15, -0.1) is 0 Å². The van der Waals surface area contributed by atoms with Gasteiger partial charge < -0.3 is 9.47 Å². The molecule has 26 heavy (non-hydrogen) atoms. The number of hydrogen-bond donors (Lipinski definition) is 0. The summed E-state index contributed by atoms with van der Waals surface area (Å²) < 4.78 is 9.89. The lowest BCUT2D eigenvalue weighted by Gasteiger charge is -2.45. The summed E-state index contributed by atoms with van der Waals surface area (Å²) in [6, 6.07) is 0. The summed E-state index contributed by atoms with van der Waals surface area (Å²) in [4.78, 5) is 49.3. The third-order valence-electron chi connectivity index (χ3n) is 6.78. The van der Waals surface area contributed by atoms with Crippen LogP contribution in [0, 0.1) is 35.5 Å². The molecule has 134 valence electrons. The first-order valence-electron chi connectivity index (χ1n) is 8.97. The van der Waals surface area contributed by atoms with Crippen molar-refractivity contribution in [1.82, 2.24) is 0 Å². The molecule has 0 aromatic carbocycles. The van der Waals surface area contributed by atoms with E-state index in [0.717, 1.165) is 22.3 Å². The van der Waals surface area contributed by atoms with Crippen molar-refractivity contribution in [1.29, 1.82) is 0 Å². The molecule has 2 saturated heterocycles. The first kappa shape index (κ1) is 15.7. The maximum atomic E-state index is 12.5. The van der Waals surface area contributed by atoms with E-state index in [1.54, 1.807) is 0 Å². The summed E-state index contributed by atoms with van der Waals surface area (Å²) in [5, 5.41) is 0. The third kappa shape index (κ3) is 1.82. The Balaban J connectivity index is 1.72. The minimum Gasteiger partial charge on any atom is -0.393 e. The normalized spacial score (nSPS) is 40.8. The maximum Gasteiger partial charge on any atom is 0.318 e. The molecule has 6 atom stereocenters. The van der Waals surface area contributed by atoms with Crippen molar-refractivity contribution in [3.8, 4) is 0 Å². The predicted molar refractivity (Wildman–Crippen MR) is 86.9 cm³/mol. The summed E-state index contributed by atoms with van der Waals surface area (Å²) >= 11 is 0. The van der Waals surface area contributed by atoms with E-state index in [4.69, 9.17) is 9.47 Å². The van der Waals surface area contributed by atoms with Crippen molar-refractivity contribution in [2.24, 2.45) is 35.5 Å². The highest BCUT2D eigenvalue weighted by Crippen LogP contribution is 2.57. The zero-order chi connectivity index (χ0) is 18.3. The molecular formula is C20H18O6. The molecule has 0 N–H and O–H groups in total. The van der Waals surface area contributed by atoms with Crippen molar-refractivity contribution >= 4 is 23.9 Å². The van der Waals surface area contributed by atoms with Crippen molar-refractivity contribution in [3.05, 3.63) is 34.4 Å². The molecule has 3 aliphatic carbocycles. The van der Waals surface area contributed by atoms with E-state index in [1.807, 2.05) is 26.0 Å². The lowest BCUT2D eigenvalue weighted by Crippen LogP contribution is -2.45. The second-order valence-corrected chi connectivity index (χ2v) is 8.01. The van der Waals surface area contributed by atoms with Crippen molar-refractivity contribution in [2.45, 2.75) is 26.7 Å². The van der Waals surface area contributed by atoms with Gasteiger partial charge in [-0.2, -0.15) is 0 Å². The fourth-order valence-electron chi connectivity index (χ4n) is 5.69. The molecule has 2 heterocycles. The van der Waals surface area contributed by atoms with E-state index in [1.165, 1.54) is 0 Å². The van der Waals surface area contributed by atoms with E-state index in [-0.39, 0.29) is 11.8 Å². The fourth-order valence-corrected chi connectivity index (χ4v) is 5.69. The third-order valence-corrected chi connectivity index (χ3v) is 6.78. The molecule has 5 rings (SSSR count). The molecule has 0 radical (unpaired) electrons. The summed E-state index contributed by atoms with van der Waals surface area (Å²) in [5.41, 5.74) is 4.06. The number of ether oxygens (including phenoxy) is 2. The van der Waals surface area contributed by atoms with E-state index < -0.39 is 47.5 Å². The monoisotopic (exact) mass is 354 g/mol. The molecule has 0 amide bonds. The van der Waals surface area contributed by atoms with Crippen LogP contribution in [0.5, 0.6) is 0 Å². The number of fused-ring (bicyclic) bond motifs is 7. The minimum absolute atomic E-state index is 0.325.